The van der Waals surface area contributed by atoms with Gasteiger partial charge in [0.15, 0.2) is 0 Å². The molecule has 0 saturated carbocycles. The van der Waals surface area contributed by atoms with Crippen molar-refractivity contribution >= 4 is 11.0 Å². The van der Waals surface area contributed by atoms with Crippen molar-refractivity contribution in [2.24, 2.45) is 0 Å². The zero-order chi connectivity index (χ0) is 10.3. The van der Waals surface area contributed by atoms with Crippen LogP contribution in [0.4, 0.5) is 0 Å². The normalized spacial score (nSPS) is 25.8. The maximum absolute atomic E-state index is 11.9. The van der Waals surface area contributed by atoms with Crippen molar-refractivity contribution in [3.05, 3.63) is 24.0 Å². The monoisotopic (exact) mass is 210 g/mol. The van der Waals surface area contributed by atoms with Crippen LogP contribution in [0.5, 0.6) is 0 Å². The molecule has 0 bridgehead atoms. The fourth-order valence-corrected chi connectivity index (χ4v) is 3.41. The first-order valence-electron chi connectivity index (χ1n) is 4.60. The molecule has 14 heavy (non-hydrogen) atoms. The Morgan fingerprint density at radius 1 is 1.57 bits per heavy atom. The lowest BCUT2D eigenvalue weighted by Crippen LogP contribution is -2.41. The standard InChI is InChI=1S/C10H14N2OS/c1-10(2)7-12(3)14(13)9-6-11-5-4-8(9)10/h4-6H,7H2,1-3H3. The Bertz CT molecular complexity index is 389. The van der Waals surface area contributed by atoms with Gasteiger partial charge in [0.25, 0.3) is 0 Å². The molecular weight excluding hydrogens is 196 g/mol. The quantitative estimate of drug-likeness (QED) is 0.647. The molecule has 1 unspecified atom stereocenters. The number of hydrogen-bond acceptors (Lipinski definition) is 2. The summed E-state index contributed by atoms with van der Waals surface area (Å²) in [5, 5.41) is 0. The summed E-state index contributed by atoms with van der Waals surface area (Å²) in [6.45, 7) is 5.15. The minimum Gasteiger partial charge on any atom is -0.263 e. The lowest BCUT2D eigenvalue weighted by atomic mass is 9.85. The highest BCUT2D eigenvalue weighted by Crippen LogP contribution is 2.33. The molecule has 0 amide bonds. The highest BCUT2D eigenvalue weighted by molar-refractivity contribution is 7.82. The Balaban J connectivity index is 2.62. The maximum Gasteiger partial charge on any atom is 0.129 e. The molecule has 0 saturated heterocycles. The van der Waals surface area contributed by atoms with E-state index in [0.29, 0.717) is 0 Å². The molecule has 0 radical (unpaired) electrons. The predicted octanol–water partition coefficient (Wildman–Crippen LogP) is 1.33. The van der Waals surface area contributed by atoms with Crippen LogP contribution in [0.2, 0.25) is 0 Å². The van der Waals surface area contributed by atoms with Crippen LogP contribution in [0.25, 0.3) is 0 Å². The predicted molar refractivity (Wildman–Crippen MR) is 56.3 cm³/mol. The highest BCUT2D eigenvalue weighted by Gasteiger charge is 2.34. The zero-order valence-electron chi connectivity index (χ0n) is 8.65. The first-order valence-corrected chi connectivity index (χ1v) is 5.70. The molecule has 1 aromatic heterocycles. The summed E-state index contributed by atoms with van der Waals surface area (Å²) in [6, 6.07) is 1.97. The van der Waals surface area contributed by atoms with Gasteiger partial charge in [0.05, 0.1) is 4.90 Å². The number of likely N-dealkylation sites (N-methyl/N-ethyl adjacent to an activating group) is 1. The van der Waals surface area contributed by atoms with E-state index in [2.05, 4.69) is 18.8 Å². The molecule has 1 aromatic rings. The Hall–Kier alpha value is -0.740. The molecule has 4 heteroatoms. The second-order valence-electron chi connectivity index (χ2n) is 4.29. The van der Waals surface area contributed by atoms with Crippen molar-refractivity contribution in [3.63, 3.8) is 0 Å². The van der Waals surface area contributed by atoms with Gasteiger partial charge in [-0.25, -0.2) is 8.51 Å². The van der Waals surface area contributed by atoms with Gasteiger partial charge in [-0.2, -0.15) is 0 Å². The largest absolute Gasteiger partial charge is 0.263 e. The average molecular weight is 210 g/mol. The first-order chi connectivity index (χ1) is 6.52. The van der Waals surface area contributed by atoms with Gasteiger partial charge in [-0.15, -0.1) is 0 Å². The van der Waals surface area contributed by atoms with Crippen molar-refractivity contribution in [1.29, 1.82) is 0 Å². The van der Waals surface area contributed by atoms with Gasteiger partial charge >= 0.3 is 0 Å². The van der Waals surface area contributed by atoms with Crippen molar-refractivity contribution in [1.82, 2.24) is 9.29 Å². The van der Waals surface area contributed by atoms with E-state index >= 15 is 0 Å². The molecule has 0 N–H and O–H groups in total. The number of rotatable bonds is 0. The van der Waals surface area contributed by atoms with Crippen LogP contribution in [0.1, 0.15) is 19.4 Å². The van der Waals surface area contributed by atoms with Gasteiger partial charge in [0, 0.05) is 31.4 Å². The van der Waals surface area contributed by atoms with Gasteiger partial charge in [-0.05, 0) is 11.6 Å². The van der Waals surface area contributed by atoms with Gasteiger partial charge in [-0.1, -0.05) is 13.8 Å². The molecule has 0 spiro atoms. The van der Waals surface area contributed by atoms with E-state index in [1.54, 1.807) is 12.4 Å². The van der Waals surface area contributed by atoms with Crippen LogP contribution in [0.15, 0.2) is 23.4 Å². The SMILES string of the molecule is CN1CC(C)(C)c2ccncc2S1=O. The Kier molecular flexibility index (Phi) is 2.20. The minimum atomic E-state index is -1.04. The molecule has 3 nitrogen and oxygen atoms in total. The van der Waals surface area contributed by atoms with Crippen molar-refractivity contribution < 1.29 is 4.21 Å². The summed E-state index contributed by atoms with van der Waals surface area (Å²) >= 11 is 0. The van der Waals surface area contributed by atoms with E-state index in [-0.39, 0.29) is 5.41 Å². The average Bonchev–Trinajstić information content (AvgIpc) is 2.14. The van der Waals surface area contributed by atoms with Crippen molar-refractivity contribution in [2.45, 2.75) is 24.2 Å². The molecule has 1 aliphatic rings. The number of aromatic nitrogens is 1. The number of fused-ring (bicyclic) bond motifs is 1. The molecule has 0 aromatic carbocycles. The van der Waals surface area contributed by atoms with Crippen LogP contribution in [-0.4, -0.2) is 27.1 Å². The third-order valence-corrected chi connectivity index (χ3v) is 4.00. The minimum absolute atomic E-state index is 0.0565. The van der Waals surface area contributed by atoms with E-state index in [1.165, 1.54) is 0 Å². The first kappa shape index (κ1) is 9.80. The Morgan fingerprint density at radius 3 is 3.00 bits per heavy atom. The molecule has 0 aliphatic carbocycles. The summed E-state index contributed by atoms with van der Waals surface area (Å²) in [4.78, 5) is 4.88. The summed E-state index contributed by atoms with van der Waals surface area (Å²) in [5.74, 6) is 0. The molecular formula is C10H14N2OS. The lowest BCUT2D eigenvalue weighted by Gasteiger charge is -2.36. The smallest absolute Gasteiger partial charge is 0.129 e. The van der Waals surface area contributed by atoms with Gasteiger partial charge in [0.1, 0.15) is 11.0 Å². The summed E-state index contributed by atoms with van der Waals surface area (Å²) in [5.41, 5.74) is 1.21. The summed E-state index contributed by atoms with van der Waals surface area (Å²) in [6.07, 6.45) is 3.48. The van der Waals surface area contributed by atoms with Crippen LogP contribution in [-0.2, 0) is 16.4 Å². The Morgan fingerprint density at radius 2 is 2.29 bits per heavy atom. The lowest BCUT2D eigenvalue weighted by molar-refractivity contribution is 0.369. The summed E-state index contributed by atoms with van der Waals surface area (Å²) < 4.78 is 13.8. The third-order valence-electron chi connectivity index (χ3n) is 2.60. The molecule has 0 fully saturated rings. The molecule has 76 valence electrons. The van der Waals surface area contributed by atoms with Crippen molar-refractivity contribution in [3.8, 4) is 0 Å². The van der Waals surface area contributed by atoms with E-state index in [1.807, 2.05) is 17.4 Å². The van der Waals surface area contributed by atoms with E-state index in [9.17, 15) is 4.21 Å². The topological polar surface area (TPSA) is 33.2 Å². The van der Waals surface area contributed by atoms with Gasteiger partial charge < -0.3 is 0 Å². The fraction of sp³-hybridized carbons (Fsp3) is 0.500. The molecule has 1 aliphatic heterocycles. The highest BCUT2D eigenvalue weighted by atomic mass is 32.2. The fourth-order valence-electron chi connectivity index (χ4n) is 1.95. The van der Waals surface area contributed by atoms with Crippen molar-refractivity contribution in [2.75, 3.05) is 13.6 Å². The second-order valence-corrected chi connectivity index (χ2v) is 5.85. The van der Waals surface area contributed by atoms with Gasteiger partial charge in [-0.3, -0.25) is 4.98 Å². The van der Waals surface area contributed by atoms with E-state index in [4.69, 9.17) is 0 Å². The van der Waals surface area contributed by atoms with Crippen LogP contribution >= 0.6 is 0 Å². The number of nitrogens with zero attached hydrogens (tertiary/aromatic N) is 2. The molecule has 2 rings (SSSR count). The number of pyridine rings is 1. The molecule has 1 atom stereocenters. The van der Waals surface area contributed by atoms with Crippen LogP contribution < -0.4 is 0 Å². The summed E-state index contributed by atoms with van der Waals surface area (Å²) in [7, 11) is 0.847. The van der Waals surface area contributed by atoms with E-state index in [0.717, 1.165) is 17.0 Å². The van der Waals surface area contributed by atoms with E-state index < -0.39 is 11.0 Å². The van der Waals surface area contributed by atoms with Crippen LogP contribution in [0.3, 0.4) is 0 Å². The maximum atomic E-state index is 11.9. The second kappa shape index (κ2) is 3.14. The molecule has 2 heterocycles. The third kappa shape index (κ3) is 1.38. The Labute approximate surface area is 86.7 Å². The van der Waals surface area contributed by atoms with Gasteiger partial charge in [0.2, 0.25) is 0 Å². The zero-order valence-corrected chi connectivity index (χ0v) is 9.47. The van der Waals surface area contributed by atoms with Crippen LogP contribution in [0, 0.1) is 0 Å². The number of hydrogen-bond donors (Lipinski definition) is 0.